The molecule has 0 aliphatic heterocycles. The molecule has 0 heterocycles. The maximum absolute atomic E-state index is 13.0. The number of carbonyl (C=O) groups is 1. The van der Waals surface area contributed by atoms with Crippen molar-refractivity contribution in [2.24, 2.45) is 0 Å². The van der Waals surface area contributed by atoms with Crippen molar-refractivity contribution in [1.82, 2.24) is 4.90 Å². The molecule has 0 atom stereocenters. The lowest BCUT2D eigenvalue weighted by molar-refractivity contribution is 0.0481. The van der Waals surface area contributed by atoms with Crippen LogP contribution in [0.1, 0.15) is 10.4 Å². The topological polar surface area (TPSA) is 55.6 Å². The molecule has 2 N–H and O–H groups in total. The first-order valence-electron chi connectivity index (χ1n) is 4.87. The quantitative estimate of drug-likeness (QED) is 0.617. The van der Waals surface area contributed by atoms with Crippen LogP contribution in [0.4, 0.5) is 10.1 Å². The molecule has 0 bridgehead atoms. The number of hydrogen-bond donors (Lipinski definition) is 1. The van der Waals surface area contributed by atoms with E-state index >= 15 is 0 Å². The second-order valence-electron chi connectivity index (χ2n) is 3.68. The fourth-order valence-corrected chi connectivity index (χ4v) is 1.06. The summed E-state index contributed by atoms with van der Waals surface area (Å²) in [5.74, 6) is -1.15. The molecule has 0 unspecified atom stereocenters. The highest BCUT2D eigenvalue weighted by Crippen LogP contribution is 2.12. The van der Waals surface area contributed by atoms with E-state index in [-0.39, 0.29) is 17.9 Å². The summed E-state index contributed by atoms with van der Waals surface area (Å²) in [7, 11) is 3.74. The molecule has 16 heavy (non-hydrogen) atoms. The van der Waals surface area contributed by atoms with Gasteiger partial charge in [-0.1, -0.05) is 0 Å². The first-order valence-corrected chi connectivity index (χ1v) is 4.87. The number of nitrogens with two attached hydrogens (primary N) is 1. The fourth-order valence-electron chi connectivity index (χ4n) is 1.06. The van der Waals surface area contributed by atoms with Gasteiger partial charge in [0.05, 0.1) is 11.3 Å². The number of anilines is 1. The molecule has 0 aliphatic carbocycles. The zero-order chi connectivity index (χ0) is 12.1. The van der Waals surface area contributed by atoms with Crippen molar-refractivity contribution in [3.05, 3.63) is 29.6 Å². The second kappa shape index (κ2) is 5.46. The molecule has 1 rings (SSSR count). The fraction of sp³-hybridized carbons (Fsp3) is 0.364. The highest BCUT2D eigenvalue weighted by molar-refractivity contribution is 5.89. The van der Waals surface area contributed by atoms with Gasteiger partial charge in [-0.15, -0.1) is 0 Å². The number of esters is 1. The van der Waals surface area contributed by atoms with Gasteiger partial charge in [0.25, 0.3) is 0 Å². The zero-order valence-corrected chi connectivity index (χ0v) is 9.37. The molecular weight excluding hydrogens is 211 g/mol. The Hall–Kier alpha value is -1.62. The molecule has 0 aliphatic rings. The smallest absolute Gasteiger partial charge is 0.338 e. The van der Waals surface area contributed by atoms with Crippen molar-refractivity contribution in [2.45, 2.75) is 0 Å². The molecule has 1 aromatic carbocycles. The summed E-state index contributed by atoms with van der Waals surface area (Å²) in [4.78, 5) is 13.3. The summed E-state index contributed by atoms with van der Waals surface area (Å²) in [5.41, 5.74) is 5.49. The Morgan fingerprint density at radius 2 is 2.19 bits per heavy atom. The molecule has 88 valence electrons. The van der Waals surface area contributed by atoms with E-state index < -0.39 is 11.8 Å². The van der Waals surface area contributed by atoms with Gasteiger partial charge in [0.2, 0.25) is 0 Å². The number of ether oxygens (including phenoxy) is 1. The van der Waals surface area contributed by atoms with Crippen LogP contribution in [0.15, 0.2) is 18.2 Å². The minimum Gasteiger partial charge on any atom is -0.461 e. The molecule has 0 spiro atoms. The Balaban J connectivity index is 2.56. The summed E-state index contributed by atoms with van der Waals surface area (Å²) in [6.07, 6.45) is 0. The van der Waals surface area contributed by atoms with Crippen molar-refractivity contribution in [3.8, 4) is 0 Å². The van der Waals surface area contributed by atoms with Crippen molar-refractivity contribution < 1.29 is 13.9 Å². The number of halogens is 1. The normalized spacial score (nSPS) is 10.5. The standard InChI is InChI=1S/C11H15FN2O2/c1-14(2)5-6-16-11(15)8-3-4-10(13)9(12)7-8/h3-4,7H,5-6,13H2,1-2H3. The van der Waals surface area contributed by atoms with Crippen LogP contribution in [-0.4, -0.2) is 38.1 Å². The lowest BCUT2D eigenvalue weighted by Crippen LogP contribution is -2.20. The van der Waals surface area contributed by atoms with Gasteiger partial charge in [-0.05, 0) is 32.3 Å². The van der Waals surface area contributed by atoms with Gasteiger partial charge in [-0.2, -0.15) is 0 Å². The molecule has 0 radical (unpaired) electrons. The molecule has 0 aromatic heterocycles. The third-order valence-electron chi connectivity index (χ3n) is 2.01. The minimum absolute atomic E-state index is 0.0184. The van der Waals surface area contributed by atoms with E-state index in [1.807, 2.05) is 19.0 Å². The van der Waals surface area contributed by atoms with Crippen LogP contribution in [0.3, 0.4) is 0 Å². The van der Waals surface area contributed by atoms with Gasteiger partial charge in [0.1, 0.15) is 12.4 Å². The van der Waals surface area contributed by atoms with Gasteiger partial charge >= 0.3 is 5.97 Å². The maximum Gasteiger partial charge on any atom is 0.338 e. The average Bonchev–Trinajstić information content (AvgIpc) is 2.21. The van der Waals surface area contributed by atoms with Gasteiger partial charge in [0.15, 0.2) is 0 Å². The number of carbonyl (C=O) groups excluding carboxylic acids is 1. The lowest BCUT2D eigenvalue weighted by atomic mass is 10.2. The van der Waals surface area contributed by atoms with Crippen LogP contribution in [0, 0.1) is 5.82 Å². The summed E-state index contributed by atoms with van der Waals surface area (Å²) >= 11 is 0. The lowest BCUT2D eigenvalue weighted by Gasteiger charge is -2.10. The third kappa shape index (κ3) is 3.51. The molecule has 5 heteroatoms. The summed E-state index contributed by atoms with van der Waals surface area (Å²) in [6.45, 7) is 0.904. The predicted molar refractivity (Wildman–Crippen MR) is 59.6 cm³/mol. The van der Waals surface area contributed by atoms with Crippen molar-refractivity contribution in [2.75, 3.05) is 33.0 Å². The first-order chi connectivity index (χ1) is 7.50. The number of nitrogens with zero attached hydrogens (tertiary/aromatic N) is 1. The number of hydrogen-bond acceptors (Lipinski definition) is 4. The number of rotatable bonds is 4. The van der Waals surface area contributed by atoms with Crippen molar-refractivity contribution in [3.63, 3.8) is 0 Å². The number of likely N-dealkylation sites (N-methyl/N-ethyl adjacent to an activating group) is 1. The molecule has 0 saturated heterocycles. The SMILES string of the molecule is CN(C)CCOC(=O)c1ccc(N)c(F)c1. The van der Waals surface area contributed by atoms with Crippen molar-refractivity contribution >= 4 is 11.7 Å². The van der Waals surface area contributed by atoms with E-state index in [1.165, 1.54) is 12.1 Å². The predicted octanol–water partition coefficient (Wildman–Crippen LogP) is 1.13. The Bertz CT molecular complexity index is 380. The largest absolute Gasteiger partial charge is 0.461 e. The van der Waals surface area contributed by atoms with E-state index in [2.05, 4.69) is 0 Å². The molecule has 1 aromatic rings. The summed E-state index contributed by atoms with van der Waals surface area (Å²) in [6, 6.07) is 3.86. The van der Waals surface area contributed by atoms with E-state index in [9.17, 15) is 9.18 Å². The Morgan fingerprint density at radius 3 is 2.75 bits per heavy atom. The van der Waals surface area contributed by atoms with E-state index in [1.54, 1.807) is 0 Å². The molecule has 0 fully saturated rings. The Kier molecular flexibility index (Phi) is 4.25. The first kappa shape index (κ1) is 12.4. The van der Waals surface area contributed by atoms with Gasteiger partial charge < -0.3 is 15.4 Å². The minimum atomic E-state index is -0.609. The Labute approximate surface area is 93.8 Å². The van der Waals surface area contributed by atoms with Crippen LogP contribution in [-0.2, 0) is 4.74 Å². The van der Waals surface area contributed by atoms with Crippen LogP contribution < -0.4 is 5.73 Å². The summed E-state index contributed by atoms with van der Waals surface area (Å²) < 4.78 is 18.0. The third-order valence-corrected chi connectivity index (χ3v) is 2.01. The molecule has 0 amide bonds. The number of benzene rings is 1. The molecule has 0 saturated carbocycles. The van der Waals surface area contributed by atoms with Gasteiger partial charge in [0, 0.05) is 6.54 Å². The number of nitrogen functional groups attached to an aromatic ring is 1. The van der Waals surface area contributed by atoms with Crippen molar-refractivity contribution in [1.29, 1.82) is 0 Å². The van der Waals surface area contributed by atoms with Crippen LogP contribution >= 0.6 is 0 Å². The van der Waals surface area contributed by atoms with Crippen LogP contribution in [0.25, 0.3) is 0 Å². The molecular formula is C11H15FN2O2. The molecule has 4 nitrogen and oxygen atoms in total. The van der Waals surface area contributed by atoms with Crippen LogP contribution in [0.2, 0.25) is 0 Å². The monoisotopic (exact) mass is 226 g/mol. The van der Waals surface area contributed by atoms with E-state index in [0.717, 1.165) is 6.07 Å². The highest BCUT2D eigenvalue weighted by Gasteiger charge is 2.09. The maximum atomic E-state index is 13.0. The van der Waals surface area contributed by atoms with Gasteiger partial charge in [-0.3, -0.25) is 0 Å². The summed E-state index contributed by atoms with van der Waals surface area (Å²) in [5, 5.41) is 0. The van der Waals surface area contributed by atoms with E-state index in [4.69, 9.17) is 10.5 Å². The second-order valence-corrected chi connectivity index (χ2v) is 3.68. The van der Waals surface area contributed by atoms with Crippen LogP contribution in [0.5, 0.6) is 0 Å². The van der Waals surface area contributed by atoms with E-state index in [0.29, 0.717) is 6.54 Å². The Morgan fingerprint density at radius 1 is 1.50 bits per heavy atom. The average molecular weight is 226 g/mol. The van der Waals surface area contributed by atoms with Gasteiger partial charge in [-0.25, -0.2) is 9.18 Å². The highest BCUT2D eigenvalue weighted by atomic mass is 19.1. The zero-order valence-electron chi connectivity index (χ0n) is 9.37.